The van der Waals surface area contributed by atoms with Gasteiger partial charge in [-0.05, 0) is 77.7 Å². The molecule has 0 aliphatic heterocycles. The zero-order valence-electron chi connectivity index (χ0n) is 27.4. The molecule has 2 heterocycles. The number of aliphatic hydroxyl groups excluding tert-OH is 1. The van der Waals surface area contributed by atoms with Crippen LogP contribution in [0.4, 0.5) is 40.9 Å². The topological polar surface area (TPSA) is 244 Å². The van der Waals surface area contributed by atoms with Crippen LogP contribution < -0.4 is 85.6 Å². The van der Waals surface area contributed by atoms with Crippen molar-refractivity contribution in [3.05, 3.63) is 88.4 Å². The van der Waals surface area contributed by atoms with Gasteiger partial charge >= 0.3 is 59.1 Å². The summed E-state index contributed by atoms with van der Waals surface area (Å²) in [7, 11) is -4.98. The van der Waals surface area contributed by atoms with E-state index in [0.29, 0.717) is 28.2 Å². The molecule has 0 aliphatic carbocycles. The summed E-state index contributed by atoms with van der Waals surface area (Å²) in [6.45, 7) is 1.70. The molecule has 0 saturated heterocycles. The van der Waals surface area contributed by atoms with Crippen LogP contribution >= 0.6 is 35.2 Å². The monoisotopic (exact) mass is 804 g/mol. The fourth-order valence-electron chi connectivity index (χ4n) is 4.11. The van der Waals surface area contributed by atoms with Gasteiger partial charge in [-0.1, -0.05) is 42.5 Å². The molecule has 0 radical (unpaired) electrons. The maximum Gasteiger partial charge on any atom is 1.00 e. The Morgan fingerprint density at radius 2 is 1.31 bits per heavy atom. The minimum Gasteiger partial charge on any atom is -0.744 e. The average Bonchev–Trinajstić information content (AvgIpc) is 3.06. The van der Waals surface area contributed by atoms with Gasteiger partial charge in [-0.2, -0.15) is 34.2 Å². The number of halogens is 2. The van der Waals surface area contributed by atoms with E-state index in [4.69, 9.17) is 23.2 Å². The molecular weight excluding hydrogens is 781 g/mol. The number of hydrogen-bond acceptors (Lipinski definition) is 18. The standard InChI is InChI=1S/C29H26Cl2N10O7S2.2Na/c1-16(42)15-32-26-36-24(30)37-28(40-26)35-21-12-10-18(23(14-21)50(44,45)46)8-7-17-9-11-20(13-22(17)49-48-47-43)34-29-39-25(31)38-27(41-29)33-19-5-3-2-4-6-19;;/h2-14,16,42-43H,15H2,1H3,(H,44,45,46)(H2,32,35,36,37,40)(H2,33,34,38,39,41);;/q;2*+1/p-2/b8-7+;;. The molecule has 3 aromatic carbocycles. The summed E-state index contributed by atoms with van der Waals surface area (Å²) < 4.78 is 41.4. The van der Waals surface area contributed by atoms with Crippen LogP contribution in [-0.2, 0) is 19.5 Å². The minimum atomic E-state index is -4.98. The summed E-state index contributed by atoms with van der Waals surface area (Å²) in [4.78, 5) is 24.3. The molecule has 1 atom stereocenters. The SMILES string of the molecule is CC(O)CNc1nc(Cl)nc(Nc2ccc(/C=C/c3ccc(Nc4nc(Cl)nc(Nc5ccccc5)n4)cc3SOO[O-])c(S(=O)(=O)[O-])c2)n1.[Na+].[Na+]. The Bertz CT molecular complexity index is 2110. The van der Waals surface area contributed by atoms with Crippen LogP contribution in [-0.4, -0.2) is 60.6 Å². The van der Waals surface area contributed by atoms with E-state index in [2.05, 4.69) is 60.5 Å². The summed E-state index contributed by atoms with van der Waals surface area (Å²) >= 11 is 12.7. The number of rotatable bonds is 15. The number of aromatic nitrogens is 6. The average molecular weight is 806 g/mol. The molecule has 0 fully saturated rings. The van der Waals surface area contributed by atoms with Crippen molar-refractivity contribution in [3.8, 4) is 0 Å². The maximum absolute atomic E-state index is 12.3. The van der Waals surface area contributed by atoms with Crippen LogP contribution in [0.2, 0.25) is 10.6 Å². The van der Waals surface area contributed by atoms with Gasteiger partial charge in [0.2, 0.25) is 34.4 Å². The number of nitrogens with one attached hydrogen (secondary N) is 4. The van der Waals surface area contributed by atoms with Gasteiger partial charge in [0.1, 0.15) is 10.1 Å². The first kappa shape index (κ1) is 43.7. The first-order valence-corrected chi connectivity index (χ1v) is 17.0. The van der Waals surface area contributed by atoms with E-state index in [1.54, 1.807) is 25.1 Å². The van der Waals surface area contributed by atoms with Crippen molar-refractivity contribution in [2.75, 3.05) is 27.8 Å². The van der Waals surface area contributed by atoms with Crippen LogP contribution in [0.1, 0.15) is 18.1 Å². The molecule has 260 valence electrons. The van der Waals surface area contributed by atoms with Crippen LogP contribution in [0.3, 0.4) is 0 Å². The van der Waals surface area contributed by atoms with Crippen molar-refractivity contribution in [2.45, 2.75) is 22.8 Å². The van der Waals surface area contributed by atoms with Gasteiger partial charge in [0.25, 0.3) is 0 Å². The van der Waals surface area contributed by atoms with Crippen LogP contribution in [0, 0.1) is 0 Å². The van der Waals surface area contributed by atoms with E-state index >= 15 is 0 Å². The smallest absolute Gasteiger partial charge is 0.744 e. The molecule has 5 aromatic rings. The Balaban J connectivity index is 0.00000364. The molecule has 52 heavy (non-hydrogen) atoms. The van der Waals surface area contributed by atoms with Gasteiger partial charge < -0.3 is 36.2 Å². The van der Waals surface area contributed by atoms with Crippen LogP contribution in [0.25, 0.3) is 12.2 Å². The number of hydrogen-bond donors (Lipinski definition) is 5. The van der Waals surface area contributed by atoms with Gasteiger partial charge in [0.05, 0.1) is 23.0 Å². The van der Waals surface area contributed by atoms with Crippen LogP contribution in [0.5, 0.6) is 0 Å². The Morgan fingerprint density at radius 3 is 1.88 bits per heavy atom. The van der Waals surface area contributed by atoms with Crippen molar-refractivity contribution < 1.29 is 91.8 Å². The van der Waals surface area contributed by atoms with E-state index in [0.717, 1.165) is 11.8 Å². The minimum absolute atomic E-state index is 0. The first-order valence-electron chi connectivity index (χ1n) is 14.1. The largest absolute Gasteiger partial charge is 1.00 e. The molecule has 1 unspecified atom stereocenters. The van der Waals surface area contributed by atoms with Gasteiger partial charge in [-0.3, -0.25) is 5.04 Å². The van der Waals surface area contributed by atoms with E-state index in [1.165, 1.54) is 24.3 Å². The summed E-state index contributed by atoms with van der Waals surface area (Å²) in [5.41, 5.74) is 1.84. The Labute approximate surface area is 355 Å². The fourth-order valence-corrected chi connectivity index (χ4v) is 5.64. The fraction of sp³-hybridized carbons (Fsp3) is 0.103. The molecule has 0 amide bonds. The number of anilines is 7. The Kier molecular flexibility index (Phi) is 17.4. The third kappa shape index (κ3) is 13.3. The third-order valence-corrected chi connectivity index (χ3v) is 8.09. The molecule has 0 bridgehead atoms. The Morgan fingerprint density at radius 1 is 0.788 bits per heavy atom. The predicted molar refractivity (Wildman–Crippen MR) is 184 cm³/mol. The molecule has 0 spiro atoms. The van der Waals surface area contributed by atoms with Gasteiger partial charge in [-0.15, -0.1) is 0 Å². The third-order valence-electron chi connectivity index (χ3n) is 6.20. The normalized spacial score (nSPS) is 11.7. The molecule has 5 rings (SSSR count). The summed E-state index contributed by atoms with van der Waals surface area (Å²) in [5.74, 6) is 0.310. The molecule has 0 aliphatic rings. The quantitative estimate of drug-likeness (QED) is 0.0206. The second-order valence-electron chi connectivity index (χ2n) is 9.99. The second kappa shape index (κ2) is 20.7. The molecule has 2 aromatic heterocycles. The van der Waals surface area contributed by atoms with E-state index in [-0.39, 0.29) is 111 Å². The molecule has 5 N–H and O–H groups in total. The van der Waals surface area contributed by atoms with Gasteiger partial charge in [0.15, 0.2) is 0 Å². The molecule has 17 nitrogen and oxygen atoms in total. The second-order valence-corrected chi connectivity index (χ2v) is 12.8. The predicted octanol–water partition coefficient (Wildman–Crippen LogP) is -1.30. The summed E-state index contributed by atoms with van der Waals surface area (Å²) in [5, 5.41) is 35.0. The van der Waals surface area contributed by atoms with E-state index in [9.17, 15) is 23.3 Å². The van der Waals surface area contributed by atoms with Crippen LogP contribution in [0.15, 0.2) is 76.5 Å². The number of benzene rings is 3. The summed E-state index contributed by atoms with van der Waals surface area (Å²) in [6, 6.07) is 18.0. The number of para-hydroxylation sites is 1. The molecular formula is C29H24Cl2N10Na2O7S2. The zero-order chi connectivity index (χ0) is 35.7. The molecule has 0 saturated carbocycles. The zero-order valence-corrected chi connectivity index (χ0v) is 34.6. The van der Waals surface area contributed by atoms with Crippen molar-refractivity contribution in [1.82, 2.24) is 29.9 Å². The van der Waals surface area contributed by atoms with Crippen molar-refractivity contribution in [2.24, 2.45) is 0 Å². The van der Waals surface area contributed by atoms with Gasteiger partial charge in [-0.25, -0.2) is 8.42 Å². The van der Waals surface area contributed by atoms with Crippen molar-refractivity contribution in [1.29, 1.82) is 0 Å². The number of aliphatic hydroxyl groups is 1. The van der Waals surface area contributed by atoms with Crippen molar-refractivity contribution >= 4 is 98.4 Å². The first-order chi connectivity index (χ1) is 23.9. The maximum atomic E-state index is 12.3. The molecule has 23 heteroatoms. The van der Waals surface area contributed by atoms with E-state index in [1.807, 2.05) is 30.3 Å². The van der Waals surface area contributed by atoms with Crippen molar-refractivity contribution in [3.63, 3.8) is 0 Å². The number of nitrogens with zero attached hydrogens (tertiary/aromatic N) is 6. The van der Waals surface area contributed by atoms with E-state index < -0.39 is 21.1 Å². The Hall–Kier alpha value is -2.70. The summed E-state index contributed by atoms with van der Waals surface area (Å²) in [6.07, 6.45) is 2.21. The van der Waals surface area contributed by atoms with Gasteiger partial charge in [0, 0.05) is 28.5 Å².